The van der Waals surface area contributed by atoms with Crippen LogP contribution in [0.4, 0.5) is 0 Å². The van der Waals surface area contributed by atoms with Crippen molar-refractivity contribution in [2.24, 2.45) is 0 Å². The normalized spacial score (nSPS) is 10.2. The number of ether oxygens (including phenoxy) is 2. The second kappa shape index (κ2) is 7.10. The average Bonchev–Trinajstić information content (AvgIpc) is 2.44. The molecule has 0 unspecified atom stereocenters. The molecule has 0 amide bonds. The van der Waals surface area contributed by atoms with Gasteiger partial charge in [0, 0.05) is 9.79 Å². The van der Waals surface area contributed by atoms with E-state index in [4.69, 9.17) is 9.47 Å². The van der Waals surface area contributed by atoms with Gasteiger partial charge in [0.25, 0.3) is 0 Å². The van der Waals surface area contributed by atoms with E-state index in [1.54, 1.807) is 11.8 Å². The van der Waals surface area contributed by atoms with E-state index in [9.17, 15) is 0 Å². The summed E-state index contributed by atoms with van der Waals surface area (Å²) in [5.41, 5.74) is 0. The van der Waals surface area contributed by atoms with Gasteiger partial charge in [-0.3, -0.25) is 0 Å². The number of rotatable bonds is 6. The van der Waals surface area contributed by atoms with Crippen LogP contribution < -0.4 is 9.47 Å². The molecule has 0 saturated heterocycles. The first-order valence-corrected chi connectivity index (χ1v) is 7.27. The van der Waals surface area contributed by atoms with Crippen molar-refractivity contribution in [1.82, 2.24) is 0 Å². The van der Waals surface area contributed by atoms with Crippen molar-refractivity contribution in [2.45, 2.75) is 23.6 Å². The fourth-order valence-electron chi connectivity index (χ4n) is 1.68. The smallest absolute Gasteiger partial charge is 0.119 e. The molecule has 0 aromatic heterocycles. The maximum atomic E-state index is 5.43. The van der Waals surface area contributed by atoms with Gasteiger partial charge >= 0.3 is 0 Å². The standard InChI is InChI=1S/C16H18O2S/c1-3-17-13-5-9-15(10-6-13)19-16-11-7-14(8-12-16)18-4-2/h5-12H,3-4H2,1-2H3. The maximum Gasteiger partial charge on any atom is 0.119 e. The lowest BCUT2D eigenvalue weighted by Gasteiger charge is -2.06. The summed E-state index contributed by atoms with van der Waals surface area (Å²) in [5, 5.41) is 0. The molecule has 2 rings (SSSR count). The Labute approximate surface area is 118 Å². The van der Waals surface area contributed by atoms with Crippen molar-refractivity contribution in [2.75, 3.05) is 13.2 Å². The minimum atomic E-state index is 0.700. The third-order valence-corrected chi connectivity index (χ3v) is 3.52. The molecule has 2 aromatic rings. The Morgan fingerprint density at radius 1 is 0.684 bits per heavy atom. The highest BCUT2D eigenvalue weighted by molar-refractivity contribution is 7.99. The third-order valence-electron chi connectivity index (χ3n) is 2.51. The molecule has 19 heavy (non-hydrogen) atoms. The SMILES string of the molecule is CCOc1ccc(Sc2ccc(OCC)cc2)cc1. The van der Waals surface area contributed by atoms with Gasteiger partial charge in [0.05, 0.1) is 13.2 Å². The van der Waals surface area contributed by atoms with Crippen LogP contribution in [0.5, 0.6) is 11.5 Å². The van der Waals surface area contributed by atoms with Crippen molar-refractivity contribution in [3.05, 3.63) is 48.5 Å². The largest absolute Gasteiger partial charge is 0.494 e. The average molecular weight is 274 g/mol. The quantitative estimate of drug-likeness (QED) is 0.765. The molecule has 0 aliphatic heterocycles. The second-order valence-electron chi connectivity index (χ2n) is 3.91. The zero-order chi connectivity index (χ0) is 13.5. The van der Waals surface area contributed by atoms with E-state index in [1.165, 1.54) is 9.79 Å². The molecule has 3 heteroatoms. The first kappa shape index (κ1) is 13.8. The van der Waals surface area contributed by atoms with Crippen LogP contribution in [0.1, 0.15) is 13.8 Å². The highest BCUT2D eigenvalue weighted by Gasteiger charge is 1.99. The molecule has 0 bridgehead atoms. The van der Waals surface area contributed by atoms with Crippen molar-refractivity contribution in [3.8, 4) is 11.5 Å². The molecular formula is C16H18O2S. The van der Waals surface area contributed by atoms with Crippen molar-refractivity contribution in [3.63, 3.8) is 0 Å². The van der Waals surface area contributed by atoms with Crippen LogP contribution in [0.15, 0.2) is 58.3 Å². The van der Waals surface area contributed by atoms with E-state index in [0.29, 0.717) is 13.2 Å². The van der Waals surface area contributed by atoms with E-state index in [1.807, 2.05) is 38.1 Å². The highest BCUT2D eigenvalue weighted by atomic mass is 32.2. The van der Waals surface area contributed by atoms with Crippen molar-refractivity contribution >= 4 is 11.8 Å². The Kier molecular flexibility index (Phi) is 5.16. The first-order valence-electron chi connectivity index (χ1n) is 6.45. The zero-order valence-electron chi connectivity index (χ0n) is 11.3. The third kappa shape index (κ3) is 4.21. The summed E-state index contributed by atoms with van der Waals surface area (Å²) in [6.07, 6.45) is 0. The van der Waals surface area contributed by atoms with Crippen LogP contribution in [0, 0.1) is 0 Å². The molecule has 0 radical (unpaired) electrons. The van der Waals surface area contributed by atoms with Gasteiger partial charge < -0.3 is 9.47 Å². The van der Waals surface area contributed by atoms with Crippen LogP contribution in [0.2, 0.25) is 0 Å². The lowest BCUT2D eigenvalue weighted by Crippen LogP contribution is -1.90. The van der Waals surface area contributed by atoms with Gasteiger partial charge in [-0.1, -0.05) is 11.8 Å². The van der Waals surface area contributed by atoms with Crippen molar-refractivity contribution < 1.29 is 9.47 Å². The van der Waals surface area contributed by atoms with Crippen molar-refractivity contribution in [1.29, 1.82) is 0 Å². The molecule has 0 aliphatic carbocycles. The van der Waals surface area contributed by atoms with E-state index >= 15 is 0 Å². The molecule has 0 N–H and O–H groups in total. The summed E-state index contributed by atoms with van der Waals surface area (Å²) >= 11 is 1.73. The Morgan fingerprint density at radius 2 is 1.05 bits per heavy atom. The van der Waals surface area contributed by atoms with Crippen LogP contribution in [-0.4, -0.2) is 13.2 Å². The molecule has 2 nitrogen and oxygen atoms in total. The molecular weight excluding hydrogens is 256 g/mol. The predicted molar refractivity (Wildman–Crippen MR) is 79.3 cm³/mol. The maximum absolute atomic E-state index is 5.43. The monoisotopic (exact) mass is 274 g/mol. The predicted octanol–water partition coefficient (Wildman–Crippen LogP) is 4.64. The number of benzene rings is 2. The van der Waals surface area contributed by atoms with E-state index in [-0.39, 0.29) is 0 Å². The van der Waals surface area contributed by atoms with E-state index in [2.05, 4.69) is 24.3 Å². The van der Waals surface area contributed by atoms with Gasteiger partial charge in [0.15, 0.2) is 0 Å². The van der Waals surface area contributed by atoms with Crippen LogP contribution in [0.3, 0.4) is 0 Å². The summed E-state index contributed by atoms with van der Waals surface area (Å²) in [6.45, 7) is 5.38. The summed E-state index contributed by atoms with van der Waals surface area (Å²) in [5.74, 6) is 1.83. The molecule has 0 spiro atoms. The molecule has 100 valence electrons. The first-order chi connectivity index (χ1) is 9.31. The zero-order valence-corrected chi connectivity index (χ0v) is 12.1. The molecule has 2 aromatic carbocycles. The lowest BCUT2D eigenvalue weighted by atomic mass is 10.3. The van der Waals surface area contributed by atoms with E-state index in [0.717, 1.165) is 11.5 Å². The number of hydrogen-bond acceptors (Lipinski definition) is 3. The van der Waals surface area contributed by atoms with Gasteiger partial charge in [0.1, 0.15) is 11.5 Å². The highest BCUT2D eigenvalue weighted by Crippen LogP contribution is 2.30. The molecule has 0 saturated carbocycles. The summed E-state index contributed by atoms with van der Waals surface area (Å²) in [4.78, 5) is 2.40. The summed E-state index contributed by atoms with van der Waals surface area (Å²) < 4.78 is 10.9. The Bertz CT molecular complexity index is 444. The van der Waals surface area contributed by atoms with Gasteiger partial charge in [-0.2, -0.15) is 0 Å². The van der Waals surface area contributed by atoms with Gasteiger partial charge in [-0.05, 0) is 62.4 Å². The van der Waals surface area contributed by atoms with Gasteiger partial charge in [-0.25, -0.2) is 0 Å². The molecule has 0 heterocycles. The Balaban J connectivity index is 1.99. The molecule has 0 fully saturated rings. The van der Waals surface area contributed by atoms with E-state index < -0.39 is 0 Å². The van der Waals surface area contributed by atoms with Crippen LogP contribution in [0.25, 0.3) is 0 Å². The molecule has 0 aliphatic rings. The fourth-order valence-corrected chi connectivity index (χ4v) is 2.49. The number of hydrogen-bond donors (Lipinski definition) is 0. The van der Waals surface area contributed by atoms with Gasteiger partial charge in [0.2, 0.25) is 0 Å². The fraction of sp³-hybridized carbons (Fsp3) is 0.250. The summed E-state index contributed by atoms with van der Waals surface area (Å²) in [7, 11) is 0. The van der Waals surface area contributed by atoms with Crippen LogP contribution >= 0.6 is 11.8 Å². The Hall–Kier alpha value is -1.61. The molecule has 0 atom stereocenters. The minimum Gasteiger partial charge on any atom is -0.494 e. The Morgan fingerprint density at radius 3 is 1.37 bits per heavy atom. The topological polar surface area (TPSA) is 18.5 Å². The lowest BCUT2D eigenvalue weighted by molar-refractivity contribution is 0.340. The summed E-state index contributed by atoms with van der Waals surface area (Å²) in [6, 6.07) is 16.3. The van der Waals surface area contributed by atoms with Crippen LogP contribution in [-0.2, 0) is 0 Å². The minimum absolute atomic E-state index is 0.700. The van der Waals surface area contributed by atoms with Gasteiger partial charge in [-0.15, -0.1) is 0 Å². The second-order valence-corrected chi connectivity index (χ2v) is 5.06.